The number of rotatable bonds is 7. The lowest BCUT2D eigenvalue weighted by molar-refractivity contribution is -0.139. The number of hydrogen-bond acceptors (Lipinski definition) is 5. The van der Waals surface area contributed by atoms with Gasteiger partial charge in [-0.3, -0.25) is 4.98 Å². The summed E-state index contributed by atoms with van der Waals surface area (Å²) in [5.41, 5.74) is 1.52. The van der Waals surface area contributed by atoms with E-state index >= 15 is 0 Å². The predicted molar refractivity (Wildman–Crippen MR) is 103 cm³/mol. The number of carbonyl (C=O) groups is 1. The molecule has 1 N–H and O–H groups in total. The molecule has 0 amide bonds. The molecule has 0 aliphatic rings. The Hall–Kier alpha value is -3.62. The molecule has 3 aromatic rings. The summed E-state index contributed by atoms with van der Waals surface area (Å²) in [6.45, 7) is 1.23. The number of benzene rings is 2. The summed E-state index contributed by atoms with van der Waals surface area (Å²) >= 11 is 0. The molecule has 0 aliphatic carbocycles. The second kappa shape index (κ2) is 8.81. The molecule has 6 nitrogen and oxygen atoms in total. The second-order valence-electron chi connectivity index (χ2n) is 6.34. The standard InChI is InChI=1S/C21H17F3N2O4/c1-13(26-30-11-14-4-6-15(7-5-14)21(22,23)24)16-8-9-18(29-12-19(27)28)20-17(16)3-2-10-25-20/h2-10H,11-12H2,1H3,(H,27,28). The monoisotopic (exact) mass is 418 g/mol. The highest BCUT2D eigenvalue weighted by Gasteiger charge is 2.29. The van der Waals surface area contributed by atoms with Crippen molar-refractivity contribution in [1.29, 1.82) is 0 Å². The van der Waals surface area contributed by atoms with Crippen LogP contribution in [0.3, 0.4) is 0 Å². The van der Waals surface area contributed by atoms with Crippen molar-refractivity contribution in [1.82, 2.24) is 4.98 Å². The first-order chi connectivity index (χ1) is 14.3. The van der Waals surface area contributed by atoms with Gasteiger partial charge in [0.2, 0.25) is 0 Å². The van der Waals surface area contributed by atoms with Crippen molar-refractivity contribution in [3.63, 3.8) is 0 Å². The minimum Gasteiger partial charge on any atom is -0.480 e. The van der Waals surface area contributed by atoms with Crippen LogP contribution in [0.4, 0.5) is 13.2 Å². The van der Waals surface area contributed by atoms with Gasteiger partial charge >= 0.3 is 12.1 Å². The van der Waals surface area contributed by atoms with Gasteiger partial charge < -0.3 is 14.7 Å². The first kappa shape index (κ1) is 21.1. The van der Waals surface area contributed by atoms with Gasteiger partial charge in [-0.2, -0.15) is 13.2 Å². The van der Waals surface area contributed by atoms with E-state index in [1.54, 1.807) is 37.4 Å². The molecule has 3 rings (SSSR count). The fourth-order valence-corrected chi connectivity index (χ4v) is 2.76. The molecule has 0 spiro atoms. The van der Waals surface area contributed by atoms with Crippen LogP contribution in [0, 0.1) is 0 Å². The average molecular weight is 418 g/mol. The number of nitrogens with zero attached hydrogens (tertiary/aromatic N) is 2. The van der Waals surface area contributed by atoms with Crippen molar-refractivity contribution in [3.05, 3.63) is 71.4 Å². The number of carboxylic acids is 1. The van der Waals surface area contributed by atoms with Crippen molar-refractivity contribution in [3.8, 4) is 5.75 Å². The van der Waals surface area contributed by atoms with E-state index in [1.165, 1.54) is 12.1 Å². The molecule has 0 bridgehead atoms. The Morgan fingerprint density at radius 2 is 1.87 bits per heavy atom. The summed E-state index contributed by atoms with van der Waals surface area (Å²) in [5.74, 6) is -0.771. The van der Waals surface area contributed by atoms with Crippen LogP contribution in [0.1, 0.15) is 23.6 Å². The number of alkyl halides is 3. The van der Waals surface area contributed by atoms with E-state index < -0.39 is 24.3 Å². The van der Waals surface area contributed by atoms with Gasteiger partial charge in [0, 0.05) is 17.1 Å². The average Bonchev–Trinajstić information content (AvgIpc) is 2.71. The third-order valence-corrected chi connectivity index (χ3v) is 4.19. The SMILES string of the molecule is CC(=NOCc1ccc(C(F)(F)F)cc1)c1ccc(OCC(=O)O)c2ncccc12. The summed E-state index contributed by atoms with van der Waals surface area (Å²) in [5, 5.41) is 13.5. The number of ether oxygens (including phenoxy) is 1. The van der Waals surface area contributed by atoms with E-state index in [2.05, 4.69) is 10.1 Å². The maximum Gasteiger partial charge on any atom is 0.416 e. The summed E-state index contributed by atoms with van der Waals surface area (Å²) < 4.78 is 43.1. The van der Waals surface area contributed by atoms with Crippen LogP contribution in [0.5, 0.6) is 5.75 Å². The Labute approximate surface area is 169 Å². The second-order valence-corrected chi connectivity index (χ2v) is 6.34. The molecule has 2 aromatic carbocycles. The third kappa shape index (κ3) is 5.05. The van der Waals surface area contributed by atoms with E-state index in [9.17, 15) is 18.0 Å². The van der Waals surface area contributed by atoms with Crippen LogP contribution in [0.2, 0.25) is 0 Å². The van der Waals surface area contributed by atoms with Gasteiger partial charge in [0.05, 0.1) is 11.3 Å². The molecule has 0 fully saturated rings. The number of aliphatic carboxylic acids is 1. The maximum absolute atomic E-state index is 12.6. The highest BCUT2D eigenvalue weighted by Crippen LogP contribution is 2.29. The molecule has 1 heterocycles. The van der Waals surface area contributed by atoms with Crippen molar-refractivity contribution in [2.75, 3.05) is 6.61 Å². The zero-order valence-electron chi connectivity index (χ0n) is 15.8. The molecule has 9 heteroatoms. The first-order valence-electron chi connectivity index (χ1n) is 8.81. The van der Waals surface area contributed by atoms with Gasteiger partial charge in [-0.15, -0.1) is 0 Å². The topological polar surface area (TPSA) is 81.0 Å². The Bertz CT molecular complexity index is 1080. The highest BCUT2D eigenvalue weighted by molar-refractivity contribution is 6.10. The zero-order chi connectivity index (χ0) is 21.7. The summed E-state index contributed by atoms with van der Waals surface area (Å²) in [6.07, 6.45) is -2.82. The largest absolute Gasteiger partial charge is 0.480 e. The zero-order valence-corrected chi connectivity index (χ0v) is 15.8. The van der Waals surface area contributed by atoms with Gasteiger partial charge in [-0.25, -0.2) is 4.79 Å². The molecule has 0 saturated carbocycles. The minimum atomic E-state index is -4.39. The number of aromatic nitrogens is 1. The van der Waals surface area contributed by atoms with Crippen LogP contribution >= 0.6 is 0 Å². The molecule has 0 atom stereocenters. The van der Waals surface area contributed by atoms with Gasteiger partial charge in [-0.1, -0.05) is 23.4 Å². The Kier molecular flexibility index (Phi) is 6.20. The van der Waals surface area contributed by atoms with Crippen LogP contribution < -0.4 is 4.74 Å². The van der Waals surface area contributed by atoms with Gasteiger partial charge in [0.15, 0.2) is 6.61 Å². The highest BCUT2D eigenvalue weighted by atomic mass is 19.4. The normalized spacial score (nSPS) is 12.1. The van der Waals surface area contributed by atoms with E-state index in [1.807, 2.05) is 0 Å². The number of hydrogen-bond donors (Lipinski definition) is 1. The summed E-state index contributed by atoms with van der Waals surface area (Å²) in [7, 11) is 0. The van der Waals surface area contributed by atoms with Crippen molar-refractivity contribution < 1.29 is 32.6 Å². The summed E-state index contributed by atoms with van der Waals surface area (Å²) in [4.78, 5) is 20.3. The Balaban J connectivity index is 1.76. The quantitative estimate of drug-likeness (QED) is 0.446. The van der Waals surface area contributed by atoms with Crippen LogP contribution in [0.15, 0.2) is 59.9 Å². The molecular weight excluding hydrogens is 401 g/mol. The van der Waals surface area contributed by atoms with E-state index in [4.69, 9.17) is 14.7 Å². The van der Waals surface area contributed by atoms with Crippen LogP contribution in [-0.4, -0.2) is 28.4 Å². The number of oxime groups is 1. The summed E-state index contributed by atoms with van der Waals surface area (Å²) in [6, 6.07) is 11.5. The molecule has 0 saturated heterocycles. The maximum atomic E-state index is 12.6. The van der Waals surface area contributed by atoms with Crippen molar-refractivity contribution in [2.24, 2.45) is 5.16 Å². The predicted octanol–water partition coefficient (Wildman–Crippen LogP) is 4.66. The Morgan fingerprint density at radius 3 is 2.53 bits per heavy atom. The van der Waals surface area contributed by atoms with Gasteiger partial charge in [0.25, 0.3) is 0 Å². The molecular formula is C21H17F3N2O4. The van der Waals surface area contributed by atoms with E-state index in [-0.39, 0.29) is 6.61 Å². The lowest BCUT2D eigenvalue weighted by atomic mass is 10.0. The molecule has 30 heavy (non-hydrogen) atoms. The molecule has 156 valence electrons. The number of fused-ring (bicyclic) bond motifs is 1. The molecule has 0 aliphatic heterocycles. The fourth-order valence-electron chi connectivity index (χ4n) is 2.76. The van der Waals surface area contributed by atoms with Crippen molar-refractivity contribution in [2.45, 2.75) is 19.7 Å². The molecule has 1 aromatic heterocycles. The number of pyridine rings is 1. The van der Waals surface area contributed by atoms with Gasteiger partial charge in [0.1, 0.15) is 17.9 Å². The van der Waals surface area contributed by atoms with E-state index in [0.29, 0.717) is 33.5 Å². The lowest BCUT2D eigenvalue weighted by Gasteiger charge is -2.11. The van der Waals surface area contributed by atoms with Crippen LogP contribution in [-0.2, 0) is 22.4 Å². The van der Waals surface area contributed by atoms with Crippen molar-refractivity contribution >= 4 is 22.6 Å². The van der Waals surface area contributed by atoms with E-state index in [0.717, 1.165) is 12.1 Å². The van der Waals surface area contributed by atoms with Gasteiger partial charge in [-0.05, 0) is 42.8 Å². The molecule has 0 unspecified atom stereocenters. The first-order valence-corrected chi connectivity index (χ1v) is 8.81. The van der Waals surface area contributed by atoms with Crippen LogP contribution in [0.25, 0.3) is 10.9 Å². The number of halogens is 3. The lowest BCUT2D eigenvalue weighted by Crippen LogP contribution is -2.10. The molecule has 0 radical (unpaired) electrons. The minimum absolute atomic E-state index is 0.00542. The smallest absolute Gasteiger partial charge is 0.416 e. The Morgan fingerprint density at radius 1 is 1.13 bits per heavy atom. The number of carboxylic acid groups (broad SMARTS) is 1. The fraction of sp³-hybridized carbons (Fsp3) is 0.190. The third-order valence-electron chi connectivity index (χ3n) is 4.19.